The number of nitrogens with one attached hydrogen (secondary N) is 1. The van der Waals surface area contributed by atoms with Gasteiger partial charge in [-0.25, -0.2) is 14.8 Å². The Bertz CT molecular complexity index is 818. The van der Waals surface area contributed by atoms with Crippen LogP contribution < -0.4 is 0 Å². The molecular formula is C15H17N5O2. The summed E-state index contributed by atoms with van der Waals surface area (Å²) in [7, 11) is 0. The molecule has 22 heavy (non-hydrogen) atoms. The van der Waals surface area contributed by atoms with E-state index in [4.69, 9.17) is 4.74 Å². The van der Waals surface area contributed by atoms with Crippen molar-refractivity contribution in [2.24, 2.45) is 0 Å². The normalized spacial score (nSPS) is 11.8. The summed E-state index contributed by atoms with van der Waals surface area (Å²) in [6.07, 6.45) is 6.80. The molecular weight excluding hydrogens is 282 g/mol. The molecule has 0 aromatic carbocycles. The molecule has 0 bridgehead atoms. The van der Waals surface area contributed by atoms with Gasteiger partial charge in [0.1, 0.15) is 12.0 Å². The molecule has 0 radical (unpaired) electrons. The second-order valence-corrected chi connectivity index (χ2v) is 5.42. The van der Waals surface area contributed by atoms with Crippen LogP contribution >= 0.6 is 0 Å². The Labute approximate surface area is 127 Å². The Morgan fingerprint density at radius 3 is 3.00 bits per heavy atom. The Morgan fingerprint density at radius 1 is 1.41 bits per heavy atom. The molecule has 0 aliphatic heterocycles. The SMILES string of the molecule is CCOC(=O)C(C)(C)n1cc(-c2ncnc3[nH]ccc23)cn1. The van der Waals surface area contributed by atoms with Crippen LogP contribution in [-0.2, 0) is 15.1 Å². The van der Waals surface area contributed by atoms with E-state index in [0.29, 0.717) is 6.61 Å². The van der Waals surface area contributed by atoms with Gasteiger partial charge in [0.2, 0.25) is 0 Å². The Balaban J connectivity index is 2.01. The fourth-order valence-corrected chi connectivity index (χ4v) is 2.25. The quantitative estimate of drug-likeness (QED) is 0.746. The molecule has 0 aliphatic rings. The number of nitrogens with zero attached hydrogens (tertiary/aromatic N) is 4. The molecule has 1 N–H and O–H groups in total. The van der Waals surface area contributed by atoms with Crippen molar-refractivity contribution in [2.75, 3.05) is 6.61 Å². The summed E-state index contributed by atoms with van der Waals surface area (Å²) in [5, 5.41) is 5.22. The fraction of sp³-hybridized carbons (Fsp3) is 0.333. The maximum Gasteiger partial charge on any atom is 0.333 e. The number of aromatic amines is 1. The number of fused-ring (bicyclic) bond motifs is 1. The van der Waals surface area contributed by atoms with Gasteiger partial charge >= 0.3 is 5.97 Å². The van der Waals surface area contributed by atoms with E-state index >= 15 is 0 Å². The number of carbonyl (C=O) groups is 1. The van der Waals surface area contributed by atoms with Crippen LogP contribution in [0.25, 0.3) is 22.3 Å². The third kappa shape index (κ3) is 2.24. The highest BCUT2D eigenvalue weighted by molar-refractivity contribution is 5.90. The minimum Gasteiger partial charge on any atom is -0.464 e. The second-order valence-electron chi connectivity index (χ2n) is 5.42. The van der Waals surface area contributed by atoms with Gasteiger partial charge in [0.25, 0.3) is 0 Å². The molecule has 3 aromatic rings. The number of carbonyl (C=O) groups excluding carboxylic acids is 1. The molecule has 114 valence electrons. The van der Waals surface area contributed by atoms with Gasteiger partial charge in [0.15, 0.2) is 5.54 Å². The van der Waals surface area contributed by atoms with Crippen molar-refractivity contribution in [3.63, 3.8) is 0 Å². The van der Waals surface area contributed by atoms with Crippen molar-refractivity contribution < 1.29 is 9.53 Å². The predicted molar refractivity (Wildman–Crippen MR) is 81.1 cm³/mol. The molecule has 7 nitrogen and oxygen atoms in total. The number of hydrogen-bond acceptors (Lipinski definition) is 5. The van der Waals surface area contributed by atoms with Crippen LogP contribution in [0.15, 0.2) is 31.0 Å². The molecule has 3 heterocycles. The lowest BCUT2D eigenvalue weighted by Crippen LogP contribution is -2.37. The van der Waals surface area contributed by atoms with Crippen LogP contribution in [-0.4, -0.2) is 37.3 Å². The topological polar surface area (TPSA) is 85.7 Å². The van der Waals surface area contributed by atoms with Crippen molar-refractivity contribution in [3.05, 3.63) is 31.0 Å². The van der Waals surface area contributed by atoms with E-state index in [9.17, 15) is 4.79 Å². The third-order valence-corrected chi connectivity index (χ3v) is 3.56. The van der Waals surface area contributed by atoms with Crippen molar-refractivity contribution in [1.82, 2.24) is 24.7 Å². The van der Waals surface area contributed by atoms with E-state index in [-0.39, 0.29) is 5.97 Å². The van der Waals surface area contributed by atoms with Gasteiger partial charge in [-0.15, -0.1) is 0 Å². The lowest BCUT2D eigenvalue weighted by Gasteiger charge is -2.22. The summed E-state index contributed by atoms with van der Waals surface area (Å²) in [4.78, 5) is 23.6. The average molecular weight is 299 g/mol. The van der Waals surface area contributed by atoms with Gasteiger partial charge in [-0.1, -0.05) is 0 Å². The number of rotatable bonds is 4. The molecule has 0 fully saturated rings. The maximum atomic E-state index is 12.1. The van der Waals surface area contributed by atoms with E-state index in [1.165, 1.54) is 6.33 Å². The molecule has 3 rings (SSSR count). The van der Waals surface area contributed by atoms with E-state index in [1.54, 1.807) is 37.8 Å². The van der Waals surface area contributed by atoms with E-state index in [0.717, 1.165) is 22.3 Å². The van der Waals surface area contributed by atoms with Crippen LogP contribution in [0.5, 0.6) is 0 Å². The van der Waals surface area contributed by atoms with Crippen molar-refractivity contribution >= 4 is 17.0 Å². The number of H-pyrrole nitrogens is 1. The lowest BCUT2D eigenvalue weighted by molar-refractivity contribution is -0.152. The fourth-order valence-electron chi connectivity index (χ4n) is 2.25. The summed E-state index contributed by atoms with van der Waals surface area (Å²) < 4.78 is 6.70. The second kappa shape index (κ2) is 5.25. The van der Waals surface area contributed by atoms with Crippen LogP contribution in [0.4, 0.5) is 0 Å². The minimum atomic E-state index is -0.876. The number of hydrogen-bond donors (Lipinski definition) is 1. The molecule has 0 saturated heterocycles. The first-order chi connectivity index (χ1) is 10.5. The van der Waals surface area contributed by atoms with Gasteiger partial charge < -0.3 is 9.72 Å². The molecule has 0 amide bonds. The van der Waals surface area contributed by atoms with E-state index in [1.807, 2.05) is 12.3 Å². The molecule has 0 aliphatic carbocycles. The summed E-state index contributed by atoms with van der Waals surface area (Å²) in [6, 6.07) is 1.92. The minimum absolute atomic E-state index is 0.320. The summed E-state index contributed by atoms with van der Waals surface area (Å²) in [5.74, 6) is -0.320. The summed E-state index contributed by atoms with van der Waals surface area (Å²) in [5.41, 5.74) is 1.49. The summed E-state index contributed by atoms with van der Waals surface area (Å²) in [6.45, 7) is 5.67. The van der Waals surface area contributed by atoms with Gasteiger partial charge in [-0.05, 0) is 26.8 Å². The van der Waals surface area contributed by atoms with Gasteiger partial charge in [-0.3, -0.25) is 4.68 Å². The van der Waals surface area contributed by atoms with Crippen LogP contribution in [0.1, 0.15) is 20.8 Å². The molecule has 0 spiro atoms. The number of ether oxygens (including phenoxy) is 1. The highest BCUT2D eigenvalue weighted by atomic mass is 16.5. The van der Waals surface area contributed by atoms with Crippen LogP contribution in [0.2, 0.25) is 0 Å². The maximum absolute atomic E-state index is 12.1. The number of esters is 1. The highest BCUT2D eigenvalue weighted by Gasteiger charge is 2.32. The third-order valence-electron chi connectivity index (χ3n) is 3.56. The largest absolute Gasteiger partial charge is 0.464 e. The highest BCUT2D eigenvalue weighted by Crippen LogP contribution is 2.26. The first-order valence-corrected chi connectivity index (χ1v) is 7.05. The van der Waals surface area contributed by atoms with Crippen molar-refractivity contribution in [3.8, 4) is 11.3 Å². The van der Waals surface area contributed by atoms with Crippen molar-refractivity contribution in [1.29, 1.82) is 0 Å². The van der Waals surface area contributed by atoms with Gasteiger partial charge in [-0.2, -0.15) is 5.10 Å². The Kier molecular flexibility index (Phi) is 3.40. The zero-order valence-electron chi connectivity index (χ0n) is 12.7. The van der Waals surface area contributed by atoms with E-state index in [2.05, 4.69) is 20.1 Å². The average Bonchev–Trinajstić information content (AvgIpc) is 3.16. The zero-order chi connectivity index (χ0) is 15.7. The Hall–Kier alpha value is -2.70. The summed E-state index contributed by atoms with van der Waals surface area (Å²) >= 11 is 0. The molecule has 3 aromatic heterocycles. The standard InChI is InChI=1S/C15H17N5O2/c1-4-22-14(21)15(2,3)20-8-10(7-19-20)12-11-5-6-16-13(11)18-9-17-12/h5-9H,4H2,1-3H3,(H,16,17,18). The molecule has 7 heteroatoms. The molecule has 0 saturated carbocycles. The van der Waals surface area contributed by atoms with Crippen LogP contribution in [0.3, 0.4) is 0 Å². The van der Waals surface area contributed by atoms with Gasteiger partial charge in [0.05, 0.1) is 18.5 Å². The zero-order valence-corrected chi connectivity index (χ0v) is 12.7. The Morgan fingerprint density at radius 2 is 2.23 bits per heavy atom. The van der Waals surface area contributed by atoms with Crippen LogP contribution in [0, 0.1) is 0 Å². The number of aromatic nitrogens is 5. The smallest absolute Gasteiger partial charge is 0.333 e. The molecule has 0 unspecified atom stereocenters. The first-order valence-electron chi connectivity index (χ1n) is 7.05. The first kappa shape index (κ1) is 14.2. The lowest BCUT2D eigenvalue weighted by atomic mass is 10.1. The molecule has 0 atom stereocenters. The van der Waals surface area contributed by atoms with Crippen molar-refractivity contribution in [2.45, 2.75) is 26.3 Å². The van der Waals surface area contributed by atoms with E-state index < -0.39 is 5.54 Å². The monoisotopic (exact) mass is 299 g/mol. The van der Waals surface area contributed by atoms with Gasteiger partial charge in [0, 0.05) is 23.3 Å². The predicted octanol–water partition coefficient (Wildman–Crippen LogP) is 2.12.